The minimum absolute atomic E-state index is 0.0194. The molecule has 0 aromatic heterocycles. The Kier molecular flexibility index (Phi) is 5.61. The van der Waals surface area contributed by atoms with E-state index in [1.54, 1.807) is 0 Å². The first-order chi connectivity index (χ1) is 8.54. The van der Waals surface area contributed by atoms with E-state index in [1.807, 2.05) is 6.92 Å². The second kappa shape index (κ2) is 6.98. The number of nitrogens with one attached hydrogen (secondary N) is 1. The van der Waals surface area contributed by atoms with E-state index in [2.05, 4.69) is 5.32 Å². The summed E-state index contributed by atoms with van der Waals surface area (Å²) in [5.41, 5.74) is 5.15. The molecule has 0 aromatic carbocycles. The van der Waals surface area contributed by atoms with Crippen molar-refractivity contribution in [2.75, 3.05) is 19.6 Å². The molecule has 6 nitrogen and oxygen atoms in total. The van der Waals surface area contributed by atoms with Crippen molar-refractivity contribution in [3.05, 3.63) is 0 Å². The van der Waals surface area contributed by atoms with Crippen LogP contribution in [0.4, 0.5) is 0 Å². The average Bonchev–Trinajstić information content (AvgIpc) is 2.34. The normalized spacial score (nSPS) is 19.2. The van der Waals surface area contributed by atoms with Crippen molar-refractivity contribution in [2.24, 2.45) is 11.7 Å². The number of primary amides is 1. The number of nitrogens with two attached hydrogens (primary N) is 1. The van der Waals surface area contributed by atoms with E-state index in [-0.39, 0.29) is 24.3 Å². The zero-order chi connectivity index (χ0) is 13.5. The molecular weight excluding hydrogens is 234 g/mol. The van der Waals surface area contributed by atoms with Crippen molar-refractivity contribution in [3.63, 3.8) is 0 Å². The molecule has 1 fully saturated rings. The zero-order valence-corrected chi connectivity index (χ0v) is 10.8. The molecule has 1 heterocycles. The van der Waals surface area contributed by atoms with Crippen LogP contribution >= 0.6 is 0 Å². The largest absolute Gasteiger partial charge is 0.368 e. The maximum absolute atomic E-state index is 12.2. The molecule has 1 unspecified atom stereocenters. The quantitative estimate of drug-likeness (QED) is 0.678. The summed E-state index contributed by atoms with van der Waals surface area (Å²) in [7, 11) is 0. The summed E-state index contributed by atoms with van der Waals surface area (Å²) >= 11 is 0. The second-order valence-electron chi connectivity index (χ2n) is 4.62. The van der Waals surface area contributed by atoms with Gasteiger partial charge in [0, 0.05) is 19.5 Å². The summed E-state index contributed by atoms with van der Waals surface area (Å²) < 4.78 is 0. The van der Waals surface area contributed by atoms with Crippen LogP contribution in [0.2, 0.25) is 0 Å². The Hall–Kier alpha value is -1.59. The Morgan fingerprint density at radius 3 is 2.72 bits per heavy atom. The van der Waals surface area contributed by atoms with Gasteiger partial charge in [-0.3, -0.25) is 14.4 Å². The van der Waals surface area contributed by atoms with Crippen LogP contribution < -0.4 is 11.1 Å². The van der Waals surface area contributed by atoms with Gasteiger partial charge in [0.15, 0.2) is 0 Å². The van der Waals surface area contributed by atoms with Crippen LogP contribution in [0.3, 0.4) is 0 Å². The third-order valence-electron chi connectivity index (χ3n) is 3.05. The fraction of sp³-hybridized carbons (Fsp3) is 0.750. The van der Waals surface area contributed by atoms with Gasteiger partial charge in [-0.1, -0.05) is 13.3 Å². The van der Waals surface area contributed by atoms with Crippen molar-refractivity contribution in [2.45, 2.75) is 32.6 Å². The van der Waals surface area contributed by atoms with Gasteiger partial charge >= 0.3 is 0 Å². The Morgan fingerprint density at radius 1 is 1.50 bits per heavy atom. The summed E-state index contributed by atoms with van der Waals surface area (Å²) in [5, 5.41) is 2.67. The topological polar surface area (TPSA) is 92.5 Å². The highest BCUT2D eigenvalue weighted by atomic mass is 16.2. The van der Waals surface area contributed by atoms with Crippen molar-refractivity contribution < 1.29 is 14.4 Å². The van der Waals surface area contributed by atoms with Crippen molar-refractivity contribution in [1.82, 2.24) is 10.2 Å². The highest BCUT2D eigenvalue weighted by molar-refractivity contribution is 5.87. The maximum Gasteiger partial charge on any atom is 0.237 e. The third kappa shape index (κ3) is 4.35. The molecule has 1 saturated heterocycles. The lowest BCUT2D eigenvalue weighted by Gasteiger charge is -2.28. The molecule has 1 aliphatic heterocycles. The van der Waals surface area contributed by atoms with Crippen LogP contribution in [0.15, 0.2) is 0 Å². The smallest absolute Gasteiger partial charge is 0.237 e. The van der Waals surface area contributed by atoms with Gasteiger partial charge in [0.1, 0.15) is 0 Å². The molecule has 1 atom stereocenters. The van der Waals surface area contributed by atoms with E-state index in [1.165, 1.54) is 4.90 Å². The predicted octanol–water partition coefficient (Wildman–Crippen LogP) is -0.373. The summed E-state index contributed by atoms with van der Waals surface area (Å²) in [6, 6.07) is 0. The van der Waals surface area contributed by atoms with Gasteiger partial charge in [0.2, 0.25) is 17.7 Å². The first-order valence-corrected chi connectivity index (χ1v) is 6.38. The monoisotopic (exact) mass is 255 g/mol. The van der Waals surface area contributed by atoms with E-state index in [4.69, 9.17) is 5.73 Å². The molecule has 6 heteroatoms. The number of nitrogens with zero attached hydrogens (tertiary/aromatic N) is 1. The molecule has 0 aromatic rings. The van der Waals surface area contributed by atoms with Gasteiger partial charge in [-0.25, -0.2) is 0 Å². The van der Waals surface area contributed by atoms with Gasteiger partial charge in [-0.2, -0.15) is 0 Å². The van der Waals surface area contributed by atoms with E-state index in [0.717, 1.165) is 12.8 Å². The molecule has 0 bridgehead atoms. The number of carbonyl (C=O) groups is 3. The Balaban J connectivity index is 2.56. The van der Waals surface area contributed by atoms with Gasteiger partial charge in [-0.15, -0.1) is 0 Å². The third-order valence-corrected chi connectivity index (χ3v) is 3.05. The molecule has 1 aliphatic rings. The van der Waals surface area contributed by atoms with Crippen molar-refractivity contribution >= 4 is 17.7 Å². The minimum atomic E-state index is -0.501. The number of carbonyl (C=O) groups excluding carboxylic acids is 3. The molecule has 102 valence electrons. The molecule has 0 saturated carbocycles. The number of rotatable bonds is 6. The zero-order valence-electron chi connectivity index (χ0n) is 10.8. The molecular formula is C12H21N3O3. The summed E-state index contributed by atoms with van der Waals surface area (Å²) in [6.45, 7) is 2.89. The van der Waals surface area contributed by atoms with Gasteiger partial charge < -0.3 is 16.0 Å². The summed E-state index contributed by atoms with van der Waals surface area (Å²) in [4.78, 5) is 35.7. The van der Waals surface area contributed by atoms with Gasteiger partial charge in [-0.05, 0) is 12.8 Å². The number of amides is 3. The van der Waals surface area contributed by atoms with E-state index >= 15 is 0 Å². The lowest BCUT2D eigenvalue weighted by molar-refractivity contribution is -0.140. The first-order valence-electron chi connectivity index (χ1n) is 6.38. The minimum Gasteiger partial charge on any atom is -0.368 e. The van der Waals surface area contributed by atoms with Crippen LogP contribution in [-0.4, -0.2) is 42.3 Å². The lowest BCUT2D eigenvalue weighted by atomic mass is 9.97. The van der Waals surface area contributed by atoms with Gasteiger partial charge in [0.05, 0.1) is 12.5 Å². The second-order valence-corrected chi connectivity index (χ2v) is 4.62. The Labute approximate surface area is 107 Å². The predicted molar refractivity (Wildman–Crippen MR) is 66.4 cm³/mol. The van der Waals surface area contributed by atoms with Crippen LogP contribution in [-0.2, 0) is 14.4 Å². The molecule has 0 spiro atoms. The van der Waals surface area contributed by atoms with E-state index in [0.29, 0.717) is 25.9 Å². The number of unbranched alkanes of at least 4 members (excludes halogenated alkanes) is 1. The molecule has 0 radical (unpaired) electrons. The van der Waals surface area contributed by atoms with Crippen LogP contribution in [0.5, 0.6) is 0 Å². The van der Waals surface area contributed by atoms with Gasteiger partial charge in [0.25, 0.3) is 0 Å². The molecule has 1 rings (SSSR count). The number of hydrogen-bond acceptors (Lipinski definition) is 3. The van der Waals surface area contributed by atoms with E-state index in [9.17, 15) is 14.4 Å². The van der Waals surface area contributed by atoms with Crippen LogP contribution in [0.25, 0.3) is 0 Å². The van der Waals surface area contributed by atoms with Crippen LogP contribution in [0, 0.1) is 5.92 Å². The fourth-order valence-electron chi connectivity index (χ4n) is 2.01. The molecule has 3 N–H and O–H groups in total. The standard InChI is InChI=1S/C12H21N3O3/c1-2-3-6-15(8-10(13)16)12(18)9-4-5-11(17)14-7-9/h9H,2-8H2,1H3,(H2,13,16)(H,14,17). The Bertz CT molecular complexity index is 321. The molecule has 18 heavy (non-hydrogen) atoms. The van der Waals surface area contributed by atoms with Crippen molar-refractivity contribution in [3.8, 4) is 0 Å². The maximum atomic E-state index is 12.2. The summed E-state index contributed by atoms with van der Waals surface area (Å²) in [6.07, 6.45) is 2.71. The fourth-order valence-corrected chi connectivity index (χ4v) is 2.01. The highest BCUT2D eigenvalue weighted by Crippen LogP contribution is 2.14. The van der Waals surface area contributed by atoms with E-state index < -0.39 is 5.91 Å². The SMILES string of the molecule is CCCCN(CC(N)=O)C(=O)C1CCC(=O)NC1. The summed E-state index contributed by atoms with van der Waals surface area (Å²) in [5.74, 6) is -0.825. The Morgan fingerprint density at radius 2 is 2.22 bits per heavy atom. The highest BCUT2D eigenvalue weighted by Gasteiger charge is 2.28. The van der Waals surface area contributed by atoms with Crippen LogP contribution in [0.1, 0.15) is 32.6 Å². The number of hydrogen-bond donors (Lipinski definition) is 2. The molecule has 0 aliphatic carbocycles. The molecule has 3 amide bonds. The van der Waals surface area contributed by atoms with Crippen molar-refractivity contribution in [1.29, 1.82) is 0 Å². The average molecular weight is 255 g/mol. The lowest BCUT2D eigenvalue weighted by Crippen LogP contribution is -2.47. The first kappa shape index (κ1) is 14.5. The number of piperidine rings is 1.